The first-order valence-electron chi connectivity index (χ1n) is 6.58. The van der Waals surface area contributed by atoms with Crippen molar-refractivity contribution < 1.29 is 0 Å². The molecule has 3 rings (SSSR count). The van der Waals surface area contributed by atoms with Crippen molar-refractivity contribution in [3.63, 3.8) is 0 Å². The molecule has 2 aromatic heterocycles. The minimum absolute atomic E-state index is 0.643. The molecule has 0 radical (unpaired) electrons. The Hall–Kier alpha value is -2.62. The van der Waals surface area contributed by atoms with Gasteiger partial charge in [0.05, 0.1) is 5.69 Å². The molecule has 98 valence electrons. The fraction of sp³-hybridized carbons (Fsp3) is 0.125. The Morgan fingerprint density at radius 1 is 0.850 bits per heavy atom. The van der Waals surface area contributed by atoms with E-state index in [1.54, 1.807) is 12.4 Å². The second-order valence-electron chi connectivity index (χ2n) is 4.39. The molecule has 0 saturated heterocycles. The smallest absolute Gasteiger partial charge is 0.182 e. The molecule has 4 heteroatoms. The maximum Gasteiger partial charge on any atom is 0.182 e. The van der Waals surface area contributed by atoms with Crippen molar-refractivity contribution in [2.45, 2.75) is 13.3 Å². The van der Waals surface area contributed by atoms with Gasteiger partial charge in [0.1, 0.15) is 5.69 Å². The van der Waals surface area contributed by atoms with E-state index in [1.165, 1.54) is 0 Å². The number of hydrogen-bond acceptors (Lipinski definition) is 4. The summed E-state index contributed by atoms with van der Waals surface area (Å²) in [5, 5.41) is 8.61. The monoisotopic (exact) mass is 262 g/mol. The van der Waals surface area contributed by atoms with Crippen molar-refractivity contribution in [2.24, 2.45) is 0 Å². The van der Waals surface area contributed by atoms with Gasteiger partial charge < -0.3 is 0 Å². The summed E-state index contributed by atoms with van der Waals surface area (Å²) in [4.78, 5) is 8.64. The molecule has 0 fully saturated rings. The largest absolute Gasteiger partial charge is 0.265 e. The number of pyridine rings is 1. The van der Waals surface area contributed by atoms with Gasteiger partial charge in [-0.2, -0.15) is 0 Å². The lowest BCUT2D eigenvalue weighted by Crippen LogP contribution is -2.02. The molecule has 0 saturated carbocycles. The summed E-state index contributed by atoms with van der Waals surface area (Å²) in [7, 11) is 0. The van der Waals surface area contributed by atoms with Crippen LogP contribution in [0.3, 0.4) is 0 Å². The van der Waals surface area contributed by atoms with Crippen LogP contribution in [0.4, 0.5) is 0 Å². The Morgan fingerprint density at radius 3 is 2.30 bits per heavy atom. The van der Waals surface area contributed by atoms with Crippen LogP contribution in [-0.4, -0.2) is 20.2 Å². The normalized spacial score (nSPS) is 10.4. The van der Waals surface area contributed by atoms with Crippen molar-refractivity contribution in [3.8, 4) is 22.6 Å². The zero-order valence-corrected chi connectivity index (χ0v) is 11.2. The maximum atomic E-state index is 4.64. The number of rotatable bonds is 3. The highest BCUT2D eigenvalue weighted by Crippen LogP contribution is 2.22. The Balaban J connectivity index is 2.07. The van der Waals surface area contributed by atoms with Gasteiger partial charge in [-0.1, -0.05) is 37.3 Å². The van der Waals surface area contributed by atoms with Gasteiger partial charge in [0.15, 0.2) is 5.82 Å². The molecule has 1 aromatic carbocycles. The highest BCUT2D eigenvalue weighted by molar-refractivity contribution is 5.63. The zero-order chi connectivity index (χ0) is 13.8. The third kappa shape index (κ3) is 2.40. The topological polar surface area (TPSA) is 51.6 Å². The summed E-state index contributed by atoms with van der Waals surface area (Å²) in [6, 6.07) is 13.8. The number of aromatic nitrogens is 4. The van der Waals surface area contributed by atoms with Crippen LogP contribution in [-0.2, 0) is 6.42 Å². The van der Waals surface area contributed by atoms with Crippen LogP contribution in [0.15, 0.2) is 54.9 Å². The Morgan fingerprint density at radius 2 is 1.60 bits per heavy atom. The SMILES string of the molecule is CCc1nc(-c2ccncc2)nnc1-c1ccccc1. The molecule has 0 spiro atoms. The van der Waals surface area contributed by atoms with Gasteiger partial charge in [0, 0.05) is 23.5 Å². The van der Waals surface area contributed by atoms with E-state index in [4.69, 9.17) is 0 Å². The van der Waals surface area contributed by atoms with Crippen LogP contribution in [0, 0.1) is 0 Å². The first kappa shape index (κ1) is 12.4. The van der Waals surface area contributed by atoms with E-state index in [2.05, 4.69) is 27.1 Å². The van der Waals surface area contributed by atoms with Gasteiger partial charge in [-0.25, -0.2) is 4.98 Å². The summed E-state index contributed by atoms with van der Waals surface area (Å²) in [6.45, 7) is 2.08. The lowest BCUT2D eigenvalue weighted by Gasteiger charge is -2.07. The number of hydrogen-bond donors (Lipinski definition) is 0. The summed E-state index contributed by atoms with van der Waals surface area (Å²) >= 11 is 0. The van der Waals surface area contributed by atoms with Gasteiger partial charge in [0.2, 0.25) is 0 Å². The van der Waals surface area contributed by atoms with Crippen molar-refractivity contribution in [1.29, 1.82) is 0 Å². The third-order valence-corrected chi connectivity index (χ3v) is 3.08. The highest BCUT2D eigenvalue weighted by atomic mass is 15.2. The third-order valence-electron chi connectivity index (χ3n) is 3.08. The predicted molar refractivity (Wildman–Crippen MR) is 77.9 cm³/mol. The van der Waals surface area contributed by atoms with Crippen LogP contribution in [0.25, 0.3) is 22.6 Å². The van der Waals surface area contributed by atoms with Gasteiger partial charge in [-0.3, -0.25) is 4.98 Å². The van der Waals surface area contributed by atoms with E-state index in [-0.39, 0.29) is 0 Å². The lowest BCUT2D eigenvalue weighted by molar-refractivity contribution is 0.917. The number of nitrogens with zero attached hydrogens (tertiary/aromatic N) is 4. The average Bonchev–Trinajstić information content (AvgIpc) is 2.56. The van der Waals surface area contributed by atoms with E-state index in [1.807, 2.05) is 42.5 Å². The molecule has 2 heterocycles. The summed E-state index contributed by atoms with van der Waals surface area (Å²) in [6.07, 6.45) is 4.28. The standard InChI is InChI=1S/C16H14N4/c1-2-14-15(12-6-4-3-5-7-12)19-20-16(18-14)13-8-10-17-11-9-13/h3-11H,2H2,1H3. The van der Waals surface area contributed by atoms with Crippen LogP contribution in [0.2, 0.25) is 0 Å². The first-order valence-corrected chi connectivity index (χ1v) is 6.58. The fourth-order valence-corrected chi connectivity index (χ4v) is 2.05. The molecule has 0 unspecified atom stereocenters. The molecule has 0 N–H and O–H groups in total. The quantitative estimate of drug-likeness (QED) is 0.727. The predicted octanol–water partition coefficient (Wildman–Crippen LogP) is 3.16. The van der Waals surface area contributed by atoms with Crippen molar-refractivity contribution >= 4 is 0 Å². The molecular weight excluding hydrogens is 248 g/mol. The summed E-state index contributed by atoms with van der Waals surface area (Å²) in [5.41, 5.74) is 3.79. The molecule has 4 nitrogen and oxygen atoms in total. The molecule has 0 bridgehead atoms. The molecule has 0 aliphatic rings. The number of benzene rings is 1. The minimum Gasteiger partial charge on any atom is -0.265 e. The van der Waals surface area contributed by atoms with E-state index >= 15 is 0 Å². The van der Waals surface area contributed by atoms with Gasteiger partial charge >= 0.3 is 0 Å². The van der Waals surface area contributed by atoms with Crippen LogP contribution in [0.1, 0.15) is 12.6 Å². The van der Waals surface area contributed by atoms with Gasteiger partial charge in [-0.05, 0) is 18.6 Å². The van der Waals surface area contributed by atoms with Crippen LogP contribution < -0.4 is 0 Å². The van der Waals surface area contributed by atoms with E-state index in [9.17, 15) is 0 Å². The zero-order valence-electron chi connectivity index (χ0n) is 11.2. The number of aryl methyl sites for hydroxylation is 1. The first-order chi connectivity index (χ1) is 9.88. The summed E-state index contributed by atoms with van der Waals surface area (Å²) in [5.74, 6) is 0.643. The van der Waals surface area contributed by atoms with Crippen molar-refractivity contribution in [2.75, 3.05) is 0 Å². The molecule has 0 aliphatic carbocycles. The Kier molecular flexibility index (Phi) is 3.46. The Labute approximate surface area is 117 Å². The average molecular weight is 262 g/mol. The van der Waals surface area contributed by atoms with E-state index in [0.717, 1.165) is 28.9 Å². The molecule has 0 amide bonds. The highest BCUT2D eigenvalue weighted by Gasteiger charge is 2.10. The summed E-state index contributed by atoms with van der Waals surface area (Å²) < 4.78 is 0. The second kappa shape index (κ2) is 5.57. The lowest BCUT2D eigenvalue weighted by atomic mass is 10.1. The fourth-order valence-electron chi connectivity index (χ4n) is 2.05. The van der Waals surface area contributed by atoms with Crippen LogP contribution >= 0.6 is 0 Å². The molecule has 0 aliphatic heterocycles. The van der Waals surface area contributed by atoms with Crippen molar-refractivity contribution in [1.82, 2.24) is 20.2 Å². The molecule has 3 aromatic rings. The molecule has 0 atom stereocenters. The molecule has 20 heavy (non-hydrogen) atoms. The minimum atomic E-state index is 0.643. The van der Waals surface area contributed by atoms with E-state index < -0.39 is 0 Å². The van der Waals surface area contributed by atoms with E-state index in [0.29, 0.717) is 5.82 Å². The van der Waals surface area contributed by atoms with Gasteiger partial charge in [-0.15, -0.1) is 10.2 Å². The van der Waals surface area contributed by atoms with Gasteiger partial charge in [0.25, 0.3) is 0 Å². The van der Waals surface area contributed by atoms with Crippen molar-refractivity contribution in [3.05, 3.63) is 60.6 Å². The van der Waals surface area contributed by atoms with Crippen LogP contribution in [0.5, 0.6) is 0 Å². The maximum absolute atomic E-state index is 4.64. The second-order valence-corrected chi connectivity index (χ2v) is 4.39. The Bertz CT molecular complexity index is 696. The molecular formula is C16H14N4.